The van der Waals surface area contributed by atoms with Gasteiger partial charge in [-0.3, -0.25) is 4.99 Å². The fourth-order valence-electron chi connectivity index (χ4n) is 1.03. The van der Waals surface area contributed by atoms with Gasteiger partial charge in [-0.15, -0.1) is 0 Å². The first-order chi connectivity index (χ1) is 6.31. The van der Waals surface area contributed by atoms with Gasteiger partial charge in [0.2, 0.25) is 0 Å². The molecule has 0 radical (unpaired) electrons. The minimum atomic E-state index is 0.655. The van der Waals surface area contributed by atoms with Gasteiger partial charge in [0, 0.05) is 12.6 Å². The van der Waals surface area contributed by atoms with Crippen LogP contribution in [0.2, 0.25) is 0 Å². The molecule has 1 rings (SSSR count). The Kier molecular flexibility index (Phi) is 3.28. The maximum atomic E-state index is 5.27. The minimum Gasteiger partial charge on any atom is -0.497 e. The summed E-state index contributed by atoms with van der Waals surface area (Å²) >= 11 is 0. The van der Waals surface area contributed by atoms with Crippen molar-refractivity contribution in [2.45, 2.75) is 0 Å². The highest BCUT2D eigenvalue weighted by Crippen LogP contribution is 2.10. The van der Waals surface area contributed by atoms with Gasteiger partial charge < -0.3 is 10.2 Å². The van der Waals surface area contributed by atoms with E-state index in [1.54, 1.807) is 14.2 Å². The quantitative estimate of drug-likeness (QED) is 0.301. The molecule has 1 aromatic rings. The molecule has 4 heteroatoms. The number of hydrogen-bond donors (Lipinski definition) is 2. The van der Waals surface area contributed by atoms with Crippen LogP contribution in [0.5, 0.6) is 5.75 Å². The fraction of sp³-hybridized carbons (Fsp3) is 0.222. The van der Waals surface area contributed by atoms with Crippen molar-refractivity contribution in [3.8, 4) is 5.75 Å². The number of benzene rings is 1. The lowest BCUT2D eigenvalue weighted by molar-refractivity contribution is 0.415. The number of aliphatic imine (C=N–C) groups is 1. The van der Waals surface area contributed by atoms with E-state index in [4.69, 9.17) is 10.6 Å². The third-order valence-corrected chi connectivity index (χ3v) is 1.72. The first kappa shape index (κ1) is 9.54. The smallest absolute Gasteiger partial charge is 0.142 e. The normalized spacial score (nSPS) is 11.2. The molecule has 0 atom stereocenters. The molecule has 0 aromatic heterocycles. The molecule has 70 valence electrons. The van der Waals surface area contributed by atoms with Gasteiger partial charge in [-0.05, 0) is 24.3 Å². The third-order valence-electron chi connectivity index (χ3n) is 1.72. The number of nitrogens with zero attached hydrogens (tertiary/aromatic N) is 1. The molecule has 0 unspecified atom stereocenters. The van der Waals surface area contributed by atoms with Crippen molar-refractivity contribution in [2.24, 2.45) is 10.8 Å². The Hall–Kier alpha value is -1.55. The first-order valence-electron chi connectivity index (χ1n) is 3.89. The van der Waals surface area contributed by atoms with Crippen LogP contribution < -0.4 is 16.0 Å². The molecule has 0 aliphatic rings. The molecule has 4 nitrogen and oxygen atoms in total. The summed E-state index contributed by atoms with van der Waals surface area (Å²) in [6.07, 6.45) is 0. The van der Waals surface area contributed by atoms with Crippen LogP contribution in [0.4, 0.5) is 0 Å². The summed E-state index contributed by atoms with van der Waals surface area (Å²) in [5.74, 6) is 6.75. The lowest BCUT2D eigenvalue weighted by Crippen LogP contribution is -2.30. The van der Waals surface area contributed by atoms with Crippen molar-refractivity contribution in [1.82, 2.24) is 5.43 Å². The van der Waals surface area contributed by atoms with E-state index >= 15 is 0 Å². The molecular weight excluding hydrogens is 166 g/mol. The molecule has 0 heterocycles. The van der Waals surface area contributed by atoms with E-state index in [2.05, 4.69) is 10.4 Å². The number of methoxy groups -OCH3 is 1. The average molecular weight is 179 g/mol. The van der Waals surface area contributed by atoms with E-state index in [0.717, 1.165) is 11.3 Å². The first-order valence-corrected chi connectivity index (χ1v) is 3.89. The predicted molar refractivity (Wildman–Crippen MR) is 52.8 cm³/mol. The SMILES string of the molecule is CN=C(NN)c1ccc(OC)cc1. The van der Waals surface area contributed by atoms with E-state index in [1.165, 1.54) is 0 Å². The van der Waals surface area contributed by atoms with Gasteiger partial charge in [0.1, 0.15) is 11.6 Å². The second-order valence-corrected chi connectivity index (χ2v) is 2.45. The van der Waals surface area contributed by atoms with Crippen LogP contribution >= 0.6 is 0 Å². The molecule has 13 heavy (non-hydrogen) atoms. The van der Waals surface area contributed by atoms with Crippen LogP contribution in [0.15, 0.2) is 29.3 Å². The lowest BCUT2D eigenvalue weighted by Gasteiger charge is -2.05. The largest absolute Gasteiger partial charge is 0.497 e. The highest BCUT2D eigenvalue weighted by atomic mass is 16.5. The molecule has 0 aliphatic heterocycles. The molecule has 3 N–H and O–H groups in total. The maximum Gasteiger partial charge on any atom is 0.142 e. The van der Waals surface area contributed by atoms with Crippen molar-refractivity contribution in [3.05, 3.63) is 29.8 Å². The van der Waals surface area contributed by atoms with Crippen molar-refractivity contribution in [3.63, 3.8) is 0 Å². The van der Waals surface area contributed by atoms with Gasteiger partial charge in [0.15, 0.2) is 0 Å². The number of ether oxygens (including phenoxy) is 1. The second kappa shape index (κ2) is 4.47. The van der Waals surface area contributed by atoms with E-state index < -0.39 is 0 Å². The predicted octanol–water partition coefficient (Wildman–Crippen LogP) is 0.535. The summed E-state index contributed by atoms with van der Waals surface area (Å²) in [6, 6.07) is 7.50. The zero-order chi connectivity index (χ0) is 9.68. The molecule has 0 bridgehead atoms. The Morgan fingerprint density at radius 3 is 2.38 bits per heavy atom. The summed E-state index contributed by atoms with van der Waals surface area (Å²) in [4.78, 5) is 3.97. The number of nitrogens with one attached hydrogen (secondary N) is 1. The van der Waals surface area contributed by atoms with Gasteiger partial charge in [-0.1, -0.05) is 0 Å². The van der Waals surface area contributed by atoms with E-state index in [1.807, 2.05) is 24.3 Å². The van der Waals surface area contributed by atoms with E-state index in [-0.39, 0.29) is 0 Å². The maximum absolute atomic E-state index is 5.27. The fourth-order valence-corrected chi connectivity index (χ4v) is 1.03. The molecule has 0 aliphatic carbocycles. The molecule has 1 aromatic carbocycles. The van der Waals surface area contributed by atoms with Crippen LogP contribution in [-0.4, -0.2) is 20.0 Å². The molecule has 0 amide bonds. The number of hydrazine groups is 1. The van der Waals surface area contributed by atoms with Crippen molar-refractivity contribution in [1.29, 1.82) is 0 Å². The third kappa shape index (κ3) is 2.19. The zero-order valence-corrected chi connectivity index (χ0v) is 7.74. The minimum absolute atomic E-state index is 0.655. The van der Waals surface area contributed by atoms with Gasteiger partial charge in [0.05, 0.1) is 7.11 Å². The second-order valence-electron chi connectivity index (χ2n) is 2.45. The molecule has 0 saturated heterocycles. The van der Waals surface area contributed by atoms with Crippen molar-refractivity contribution < 1.29 is 4.74 Å². The van der Waals surface area contributed by atoms with Gasteiger partial charge in [-0.25, -0.2) is 5.84 Å². The molecule has 0 saturated carbocycles. The Morgan fingerprint density at radius 2 is 2.00 bits per heavy atom. The Balaban J connectivity index is 2.91. The zero-order valence-electron chi connectivity index (χ0n) is 7.74. The standard InChI is InChI=1S/C9H13N3O/c1-11-9(12-10)7-3-5-8(13-2)6-4-7/h3-6H,10H2,1-2H3,(H,11,12). The molecular formula is C9H13N3O. The van der Waals surface area contributed by atoms with Crippen LogP contribution in [0.25, 0.3) is 0 Å². The van der Waals surface area contributed by atoms with Crippen LogP contribution in [-0.2, 0) is 0 Å². The monoisotopic (exact) mass is 179 g/mol. The molecule has 0 fully saturated rings. The summed E-state index contributed by atoms with van der Waals surface area (Å²) in [6.45, 7) is 0. The van der Waals surface area contributed by atoms with Crippen molar-refractivity contribution >= 4 is 5.84 Å². The summed E-state index contributed by atoms with van der Waals surface area (Å²) in [5, 5.41) is 0. The number of amidine groups is 1. The summed E-state index contributed by atoms with van der Waals surface area (Å²) in [7, 11) is 3.31. The Labute approximate surface area is 77.4 Å². The summed E-state index contributed by atoms with van der Waals surface area (Å²) < 4.78 is 5.02. The average Bonchev–Trinajstić information content (AvgIpc) is 2.21. The highest BCUT2D eigenvalue weighted by Gasteiger charge is 1.99. The number of hydrogen-bond acceptors (Lipinski definition) is 3. The topological polar surface area (TPSA) is 59.6 Å². The Morgan fingerprint density at radius 1 is 1.38 bits per heavy atom. The van der Waals surface area contributed by atoms with Gasteiger partial charge in [0.25, 0.3) is 0 Å². The van der Waals surface area contributed by atoms with E-state index in [0.29, 0.717) is 5.84 Å². The number of rotatable bonds is 2. The van der Waals surface area contributed by atoms with Gasteiger partial charge >= 0.3 is 0 Å². The Bertz CT molecular complexity index is 292. The van der Waals surface area contributed by atoms with E-state index in [9.17, 15) is 0 Å². The highest BCUT2D eigenvalue weighted by molar-refractivity contribution is 5.98. The summed E-state index contributed by atoms with van der Waals surface area (Å²) in [5.41, 5.74) is 3.45. The number of nitrogens with two attached hydrogens (primary N) is 1. The molecule has 0 spiro atoms. The van der Waals surface area contributed by atoms with Gasteiger partial charge in [-0.2, -0.15) is 0 Å². The van der Waals surface area contributed by atoms with Crippen LogP contribution in [0, 0.1) is 0 Å². The van der Waals surface area contributed by atoms with Crippen LogP contribution in [0.3, 0.4) is 0 Å². The lowest BCUT2D eigenvalue weighted by atomic mass is 10.2. The van der Waals surface area contributed by atoms with Crippen molar-refractivity contribution in [2.75, 3.05) is 14.2 Å². The van der Waals surface area contributed by atoms with Crippen LogP contribution in [0.1, 0.15) is 5.56 Å².